The van der Waals surface area contributed by atoms with E-state index < -0.39 is 16.1 Å². The molecule has 1 aliphatic heterocycles. The van der Waals surface area contributed by atoms with Gasteiger partial charge in [-0.1, -0.05) is 11.3 Å². The fraction of sp³-hybridized carbons (Fsp3) is 0.444. The van der Waals surface area contributed by atoms with E-state index in [1.165, 1.54) is 44.8 Å². The molecule has 3 aromatic rings. The van der Waals surface area contributed by atoms with Gasteiger partial charge in [0, 0.05) is 44.8 Å². The Labute approximate surface area is 251 Å². The van der Waals surface area contributed by atoms with Gasteiger partial charge in [-0.25, -0.2) is 18.2 Å². The van der Waals surface area contributed by atoms with Crippen LogP contribution in [0.2, 0.25) is 0 Å². The number of benzene rings is 2. The summed E-state index contributed by atoms with van der Waals surface area (Å²) in [5.41, 5.74) is 1.13. The van der Waals surface area contributed by atoms with Gasteiger partial charge < -0.3 is 19.3 Å². The molecule has 2 aromatic carbocycles. The van der Waals surface area contributed by atoms with Crippen molar-refractivity contribution in [3.05, 3.63) is 48.0 Å². The van der Waals surface area contributed by atoms with E-state index in [0.29, 0.717) is 30.4 Å². The summed E-state index contributed by atoms with van der Waals surface area (Å²) >= 11 is 1.41. The van der Waals surface area contributed by atoms with Gasteiger partial charge in [0.15, 0.2) is 5.13 Å². The Kier molecular flexibility index (Phi) is 11.3. The van der Waals surface area contributed by atoms with Crippen LogP contribution < -0.4 is 9.64 Å². The van der Waals surface area contributed by atoms with E-state index in [9.17, 15) is 18.0 Å². The third-order valence-corrected chi connectivity index (χ3v) is 9.36. The van der Waals surface area contributed by atoms with Crippen LogP contribution in [0.25, 0.3) is 10.2 Å². The number of nitrogens with zero attached hydrogens (tertiary/aromatic N) is 5. The van der Waals surface area contributed by atoms with E-state index in [1.807, 2.05) is 44.1 Å². The van der Waals surface area contributed by atoms with Crippen LogP contribution in [0.1, 0.15) is 24.2 Å². The molecule has 0 spiro atoms. The van der Waals surface area contributed by atoms with E-state index in [4.69, 9.17) is 14.5 Å². The zero-order valence-electron chi connectivity index (χ0n) is 23.6. The average Bonchev–Trinajstić information content (AvgIpc) is 3.36. The van der Waals surface area contributed by atoms with Crippen molar-refractivity contribution in [3.8, 4) is 5.75 Å². The Morgan fingerprint density at radius 3 is 2.27 bits per heavy atom. The highest BCUT2D eigenvalue weighted by Gasteiger charge is 2.31. The summed E-state index contributed by atoms with van der Waals surface area (Å²) in [7, 11) is 0.0791. The molecule has 41 heavy (non-hydrogen) atoms. The average molecular weight is 626 g/mol. The van der Waals surface area contributed by atoms with Crippen LogP contribution in [0.5, 0.6) is 5.75 Å². The molecular formula is C27H36ClN5O6S2. The molecule has 0 saturated carbocycles. The minimum atomic E-state index is -3.79. The van der Waals surface area contributed by atoms with Crippen LogP contribution in [0, 0.1) is 0 Å². The second-order valence-electron chi connectivity index (χ2n) is 9.43. The molecule has 1 aliphatic rings. The van der Waals surface area contributed by atoms with Crippen molar-refractivity contribution in [2.75, 3.05) is 71.5 Å². The summed E-state index contributed by atoms with van der Waals surface area (Å²) in [5.74, 6) is 0.480. The van der Waals surface area contributed by atoms with Crippen molar-refractivity contribution in [3.63, 3.8) is 0 Å². The Hall–Kier alpha value is -2.97. The molecule has 14 heteroatoms. The molecule has 0 radical (unpaired) electrons. The van der Waals surface area contributed by atoms with Crippen LogP contribution in [-0.2, 0) is 14.8 Å². The van der Waals surface area contributed by atoms with E-state index in [0.717, 1.165) is 16.0 Å². The van der Waals surface area contributed by atoms with Gasteiger partial charge in [0.25, 0.3) is 5.91 Å². The van der Waals surface area contributed by atoms with Crippen molar-refractivity contribution >= 4 is 61.1 Å². The van der Waals surface area contributed by atoms with Crippen LogP contribution in [0.4, 0.5) is 9.93 Å². The highest BCUT2D eigenvalue weighted by Crippen LogP contribution is 2.32. The Balaban J connectivity index is 0.00000462. The summed E-state index contributed by atoms with van der Waals surface area (Å²) < 4.78 is 39.4. The Morgan fingerprint density at radius 1 is 0.976 bits per heavy atom. The molecule has 0 N–H and O–H groups in total. The van der Waals surface area contributed by atoms with Crippen molar-refractivity contribution in [1.29, 1.82) is 0 Å². The van der Waals surface area contributed by atoms with Gasteiger partial charge in [-0.05, 0) is 70.4 Å². The minimum Gasteiger partial charge on any atom is -0.494 e. The fourth-order valence-corrected chi connectivity index (χ4v) is 6.69. The third kappa shape index (κ3) is 7.66. The first-order valence-electron chi connectivity index (χ1n) is 13.2. The smallest absolute Gasteiger partial charge is 0.409 e. The number of aromatic nitrogens is 1. The standard InChI is InChI=1S/C27H35N5O6S2.ClH/c1-5-37-21-9-12-23-24(19-21)39-26(28-23)32(18-13-29(3)4)25(33)20-7-10-22(11-8-20)40(35,36)31-16-14-30(15-17-31)27(34)38-6-2;/h7-12,19H,5-6,13-18H2,1-4H3;1H. The third-order valence-electron chi connectivity index (χ3n) is 6.41. The number of anilines is 1. The molecular weight excluding hydrogens is 590 g/mol. The molecule has 0 bridgehead atoms. The quantitative estimate of drug-likeness (QED) is 0.335. The number of carbonyl (C=O) groups excluding carboxylic acids is 2. The number of rotatable bonds is 10. The normalized spacial score (nSPS) is 14.1. The van der Waals surface area contributed by atoms with Crippen molar-refractivity contribution in [2.45, 2.75) is 18.7 Å². The Morgan fingerprint density at radius 2 is 1.66 bits per heavy atom. The van der Waals surface area contributed by atoms with E-state index in [2.05, 4.69) is 0 Å². The molecule has 4 rings (SSSR count). The predicted molar refractivity (Wildman–Crippen MR) is 162 cm³/mol. The van der Waals surface area contributed by atoms with E-state index in [1.54, 1.807) is 11.8 Å². The van der Waals surface area contributed by atoms with Crippen molar-refractivity contribution in [1.82, 2.24) is 19.1 Å². The number of hydrogen-bond donors (Lipinski definition) is 0. The largest absolute Gasteiger partial charge is 0.494 e. The maximum Gasteiger partial charge on any atom is 0.409 e. The number of piperazine rings is 1. The number of amides is 2. The first kappa shape index (κ1) is 32.5. The van der Waals surface area contributed by atoms with Gasteiger partial charge in [0.2, 0.25) is 10.0 Å². The number of fused-ring (bicyclic) bond motifs is 1. The number of thiazole rings is 1. The molecule has 11 nitrogen and oxygen atoms in total. The lowest BCUT2D eigenvalue weighted by atomic mass is 10.2. The first-order valence-corrected chi connectivity index (χ1v) is 15.4. The zero-order chi connectivity index (χ0) is 28.9. The van der Waals surface area contributed by atoms with Gasteiger partial charge in [-0.2, -0.15) is 4.31 Å². The van der Waals surface area contributed by atoms with Crippen molar-refractivity contribution in [2.24, 2.45) is 0 Å². The highest BCUT2D eigenvalue weighted by atomic mass is 35.5. The molecule has 224 valence electrons. The summed E-state index contributed by atoms with van der Waals surface area (Å²) in [4.78, 5) is 35.5. The SMILES string of the molecule is CCOC(=O)N1CCN(S(=O)(=O)c2ccc(C(=O)N(CCN(C)C)c3nc4ccc(OCC)cc4s3)cc2)CC1.Cl. The Bertz CT molecular complexity index is 1440. The maximum absolute atomic E-state index is 13.7. The van der Waals surface area contributed by atoms with Gasteiger partial charge >= 0.3 is 6.09 Å². The molecule has 2 amide bonds. The maximum atomic E-state index is 13.7. The number of hydrogen-bond acceptors (Lipinski definition) is 9. The second-order valence-corrected chi connectivity index (χ2v) is 12.4. The number of ether oxygens (including phenoxy) is 2. The topological polar surface area (TPSA) is 113 Å². The minimum absolute atomic E-state index is 0. The van der Waals surface area contributed by atoms with E-state index in [-0.39, 0.29) is 56.0 Å². The molecule has 1 aromatic heterocycles. The molecule has 0 atom stereocenters. The summed E-state index contributed by atoms with van der Waals surface area (Å²) in [6.07, 6.45) is -0.441. The lowest BCUT2D eigenvalue weighted by molar-refractivity contribution is 0.0933. The number of likely N-dealkylation sites (N-methyl/N-ethyl adjacent to an activating group) is 1. The monoisotopic (exact) mass is 625 g/mol. The number of sulfonamides is 1. The van der Waals surface area contributed by atoms with Gasteiger partial charge in [-0.3, -0.25) is 9.69 Å². The fourth-order valence-electron chi connectivity index (χ4n) is 4.25. The van der Waals surface area contributed by atoms with Gasteiger partial charge in [0.05, 0.1) is 28.3 Å². The predicted octanol–water partition coefficient (Wildman–Crippen LogP) is 3.79. The number of carbonyl (C=O) groups is 2. The lowest BCUT2D eigenvalue weighted by Gasteiger charge is -2.33. The van der Waals surface area contributed by atoms with E-state index >= 15 is 0 Å². The number of halogens is 1. The highest BCUT2D eigenvalue weighted by molar-refractivity contribution is 7.89. The zero-order valence-corrected chi connectivity index (χ0v) is 26.1. The summed E-state index contributed by atoms with van der Waals surface area (Å²) in [6, 6.07) is 11.6. The van der Waals surface area contributed by atoms with Crippen LogP contribution in [-0.4, -0.2) is 106 Å². The van der Waals surface area contributed by atoms with Crippen LogP contribution in [0.15, 0.2) is 47.4 Å². The lowest BCUT2D eigenvalue weighted by Crippen LogP contribution is -2.50. The summed E-state index contributed by atoms with van der Waals surface area (Å²) in [5, 5.41) is 0.562. The second kappa shape index (κ2) is 14.3. The molecule has 1 fully saturated rings. The van der Waals surface area contributed by atoms with Gasteiger partial charge in [-0.15, -0.1) is 12.4 Å². The first-order chi connectivity index (χ1) is 19.1. The van der Waals surface area contributed by atoms with Gasteiger partial charge in [0.1, 0.15) is 5.75 Å². The molecule has 1 saturated heterocycles. The summed E-state index contributed by atoms with van der Waals surface area (Å²) in [6.45, 7) is 6.35. The van der Waals surface area contributed by atoms with Crippen LogP contribution in [0.3, 0.4) is 0 Å². The molecule has 0 aliphatic carbocycles. The van der Waals surface area contributed by atoms with Crippen molar-refractivity contribution < 1.29 is 27.5 Å². The molecule has 2 heterocycles. The molecule has 0 unspecified atom stereocenters. The van der Waals surface area contributed by atoms with Crippen LogP contribution >= 0.6 is 23.7 Å².